The summed E-state index contributed by atoms with van der Waals surface area (Å²) in [6.45, 7) is 1.19. The minimum atomic E-state index is 0. The van der Waals surface area contributed by atoms with E-state index in [0.717, 1.165) is 0 Å². The van der Waals surface area contributed by atoms with Gasteiger partial charge in [-0.3, -0.25) is 0 Å². The van der Waals surface area contributed by atoms with Gasteiger partial charge in [-0.15, -0.1) is 0 Å². The highest BCUT2D eigenvalue weighted by molar-refractivity contribution is 4.81. The third-order valence-corrected chi connectivity index (χ3v) is 0.579. The van der Waals surface area contributed by atoms with E-state index in [1.165, 1.54) is 0 Å². The predicted octanol–water partition coefficient (Wildman–Crippen LogP) is -0.320. The lowest BCUT2D eigenvalue weighted by Crippen LogP contribution is -1.99. The van der Waals surface area contributed by atoms with Crippen LogP contribution in [0.15, 0.2) is 12.2 Å². The van der Waals surface area contributed by atoms with Crippen LogP contribution in [0.5, 0.6) is 0 Å². The molecule has 0 amide bonds. The molecule has 0 saturated heterocycles. The van der Waals surface area contributed by atoms with Crippen LogP contribution in [0.2, 0.25) is 0 Å². The Labute approximate surface area is 41.8 Å². The summed E-state index contributed by atoms with van der Waals surface area (Å²) < 4.78 is 0. The minimum absolute atomic E-state index is 0. The summed E-state index contributed by atoms with van der Waals surface area (Å²) in [5.41, 5.74) is 0. The van der Waals surface area contributed by atoms with Crippen LogP contribution in [0.4, 0.5) is 0 Å². The Hall–Kier alpha value is -0.380. The van der Waals surface area contributed by atoms with Crippen molar-refractivity contribution in [3.63, 3.8) is 0 Å². The monoisotopic (exact) mass is 104 g/mol. The van der Waals surface area contributed by atoms with Gasteiger partial charge < -0.3 is 5.48 Å². The summed E-state index contributed by atoms with van der Waals surface area (Å²) in [7, 11) is 0. The van der Waals surface area contributed by atoms with Crippen molar-refractivity contribution in [1.29, 1.82) is 0 Å². The standard InChI is InChI=1S/C4H6O2.H2O/c1-2-4-6-5-3-1;/h1-2H,3-4H2;1H2. The molecule has 0 bridgehead atoms. The first-order valence-corrected chi connectivity index (χ1v) is 1.89. The largest absolute Gasteiger partial charge is 0.412 e. The second kappa shape index (κ2) is 3.80. The Bertz CT molecular complexity index is 52.0. The van der Waals surface area contributed by atoms with Gasteiger partial charge in [0.2, 0.25) is 0 Å². The van der Waals surface area contributed by atoms with Crippen LogP contribution < -0.4 is 0 Å². The molecule has 0 saturated carbocycles. The number of hydrogen-bond acceptors (Lipinski definition) is 2. The van der Waals surface area contributed by atoms with Crippen LogP contribution in [0, 0.1) is 0 Å². The maximum Gasteiger partial charge on any atom is 0.100 e. The van der Waals surface area contributed by atoms with Gasteiger partial charge in [0.05, 0.1) is 0 Å². The van der Waals surface area contributed by atoms with Gasteiger partial charge in [-0.05, 0) is 0 Å². The van der Waals surface area contributed by atoms with Crippen LogP contribution in [0.1, 0.15) is 0 Å². The predicted molar refractivity (Wildman–Crippen MR) is 24.7 cm³/mol. The highest BCUT2D eigenvalue weighted by Crippen LogP contribution is 1.87. The molecular weight excluding hydrogens is 96.0 g/mol. The maximum absolute atomic E-state index is 4.48. The van der Waals surface area contributed by atoms with E-state index in [0.29, 0.717) is 13.2 Å². The van der Waals surface area contributed by atoms with Crippen molar-refractivity contribution in [2.75, 3.05) is 13.2 Å². The van der Waals surface area contributed by atoms with E-state index in [1.807, 2.05) is 12.2 Å². The van der Waals surface area contributed by atoms with E-state index in [9.17, 15) is 0 Å². The molecule has 0 atom stereocenters. The van der Waals surface area contributed by atoms with E-state index in [4.69, 9.17) is 0 Å². The fourth-order valence-electron chi connectivity index (χ4n) is 0.311. The third kappa shape index (κ3) is 2.33. The number of rotatable bonds is 0. The van der Waals surface area contributed by atoms with Gasteiger partial charge in [-0.2, -0.15) is 0 Å². The van der Waals surface area contributed by atoms with Gasteiger partial charge in [0, 0.05) is 0 Å². The molecule has 3 nitrogen and oxygen atoms in total. The summed E-state index contributed by atoms with van der Waals surface area (Å²) in [4.78, 5) is 8.97. The molecule has 3 heteroatoms. The zero-order valence-electron chi connectivity index (χ0n) is 3.89. The van der Waals surface area contributed by atoms with Crippen molar-refractivity contribution < 1.29 is 15.3 Å². The van der Waals surface area contributed by atoms with Crippen molar-refractivity contribution >= 4 is 0 Å². The molecule has 42 valence electrons. The molecule has 0 aromatic rings. The van der Waals surface area contributed by atoms with Crippen molar-refractivity contribution in [2.45, 2.75) is 0 Å². The fourth-order valence-corrected chi connectivity index (χ4v) is 0.311. The van der Waals surface area contributed by atoms with E-state index >= 15 is 0 Å². The zero-order valence-corrected chi connectivity index (χ0v) is 3.89. The van der Waals surface area contributed by atoms with Gasteiger partial charge in [0.15, 0.2) is 0 Å². The third-order valence-electron chi connectivity index (χ3n) is 0.579. The molecule has 1 aliphatic rings. The van der Waals surface area contributed by atoms with Gasteiger partial charge in [-0.25, -0.2) is 9.78 Å². The second-order valence-electron chi connectivity index (χ2n) is 1.04. The topological polar surface area (TPSA) is 50.0 Å². The molecule has 0 fully saturated rings. The molecule has 2 N–H and O–H groups in total. The van der Waals surface area contributed by atoms with E-state index in [1.54, 1.807) is 0 Å². The molecular formula is C4H8O3. The first-order chi connectivity index (χ1) is 3.00. The molecule has 1 heterocycles. The fraction of sp³-hybridized carbons (Fsp3) is 0.500. The van der Waals surface area contributed by atoms with E-state index in [-0.39, 0.29) is 5.48 Å². The summed E-state index contributed by atoms with van der Waals surface area (Å²) in [6.07, 6.45) is 3.84. The van der Waals surface area contributed by atoms with Crippen molar-refractivity contribution in [3.05, 3.63) is 12.2 Å². The molecule has 0 unspecified atom stereocenters. The normalized spacial score (nSPS) is 18.3. The Morgan fingerprint density at radius 1 is 1.00 bits per heavy atom. The molecule has 0 aromatic carbocycles. The Kier molecular flexibility index (Phi) is 3.59. The van der Waals surface area contributed by atoms with Crippen LogP contribution in [-0.2, 0) is 9.78 Å². The van der Waals surface area contributed by atoms with Gasteiger partial charge >= 0.3 is 0 Å². The highest BCUT2D eigenvalue weighted by Gasteiger charge is 1.86. The zero-order chi connectivity index (χ0) is 4.24. The van der Waals surface area contributed by atoms with E-state index < -0.39 is 0 Å². The average Bonchev–Trinajstić information content (AvgIpc) is 1.72. The smallest absolute Gasteiger partial charge is 0.100 e. The van der Waals surface area contributed by atoms with Crippen LogP contribution in [0.3, 0.4) is 0 Å². The molecule has 1 aliphatic heterocycles. The van der Waals surface area contributed by atoms with Gasteiger partial charge in [0.1, 0.15) is 13.2 Å². The molecule has 0 radical (unpaired) electrons. The summed E-state index contributed by atoms with van der Waals surface area (Å²) >= 11 is 0. The van der Waals surface area contributed by atoms with Crippen LogP contribution in [0.25, 0.3) is 0 Å². The van der Waals surface area contributed by atoms with Gasteiger partial charge in [-0.1, -0.05) is 12.2 Å². The molecule has 0 spiro atoms. The van der Waals surface area contributed by atoms with Crippen LogP contribution >= 0.6 is 0 Å². The minimum Gasteiger partial charge on any atom is -0.412 e. The second-order valence-corrected chi connectivity index (χ2v) is 1.04. The highest BCUT2D eigenvalue weighted by atomic mass is 17.2. The van der Waals surface area contributed by atoms with Crippen molar-refractivity contribution in [3.8, 4) is 0 Å². The average molecular weight is 104 g/mol. The van der Waals surface area contributed by atoms with Crippen molar-refractivity contribution in [2.24, 2.45) is 0 Å². The summed E-state index contributed by atoms with van der Waals surface area (Å²) in [5, 5.41) is 0. The Balaban J connectivity index is 0.000000360. The SMILES string of the molecule is C1=CCOOC1.O. The molecule has 1 rings (SSSR count). The molecule has 0 aliphatic carbocycles. The summed E-state index contributed by atoms with van der Waals surface area (Å²) in [6, 6.07) is 0. The molecule has 7 heavy (non-hydrogen) atoms. The first-order valence-electron chi connectivity index (χ1n) is 1.89. The quantitative estimate of drug-likeness (QED) is 0.312. The first kappa shape index (κ1) is 6.62. The lowest BCUT2D eigenvalue weighted by Gasteiger charge is -2.00. The number of hydrogen-bond donors (Lipinski definition) is 0. The Morgan fingerprint density at radius 3 is 1.57 bits per heavy atom. The molecule has 0 aromatic heterocycles. The lowest BCUT2D eigenvalue weighted by atomic mass is 10.5. The maximum atomic E-state index is 4.48. The lowest BCUT2D eigenvalue weighted by molar-refractivity contribution is -0.283. The van der Waals surface area contributed by atoms with Crippen LogP contribution in [-0.4, -0.2) is 18.7 Å². The Morgan fingerprint density at radius 2 is 1.43 bits per heavy atom. The van der Waals surface area contributed by atoms with Gasteiger partial charge in [0.25, 0.3) is 0 Å². The summed E-state index contributed by atoms with van der Waals surface area (Å²) in [5.74, 6) is 0. The van der Waals surface area contributed by atoms with E-state index in [2.05, 4.69) is 9.78 Å². The van der Waals surface area contributed by atoms with Crippen molar-refractivity contribution in [1.82, 2.24) is 0 Å².